The zero-order valence-corrected chi connectivity index (χ0v) is 9.76. The van der Waals surface area contributed by atoms with Gasteiger partial charge in [-0.25, -0.2) is 0 Å². The SMILES string of the molecule is CC.CC.Cc1cc2ccncc2[nH]1. The third kappa shape index (κ3) is 3.21. The summed E-state index contributed by atoms with van der Waals surface area (Å²) in [6.45, 7) is 10.0. The summed E-state index contributed by atoms with van der Waals surface area (Å²) in [5.74, 6) is 0. The molecule has 2 rings (SSSR count). The van der Waals surface area contributed by atoms with Crippen LogP contribution in [-0.4, -0.2) is 9.97 Å². The van der Waals surface area contributed by atoms with Crippen molar-refractivity contribution < 1.29 is 0 Å². The zero-order valence-electron chi connectivity index (χ0n) is 9.76. The van der Waals surface area contributed by atoms with Crippen molar-refractivity contribution in [2.24, 2.45) is 0 Å². The average molecular weight is 192 g/mol. The van der Waals surface area contributed by atoms with Gasteiger partial charge in [0.2, 0.25) is 0 Å². The second kappa shape index (κ2) is 7.13. The lowest BCUT2D eigenvalue weighted by Gasteiger charge is -1.83. The minimum absolute atomic E-state index is 1.11. The molecule has 2 heterocycles. The van der Waals surface area contributed by atoms with E-state index in [1.54, 1.807) is 6.20 Å². The Kier molecular flexibility index (Phi) is 6.46. The summed E-state index contributed by atoms with van der Waals surface area (Å²) in [6, 6.07) is 4.11. The molecule has 0 saturated heterocycles. The van der Waals surface area contributed by atoms with Gasteiger partial charge < -0.3 is 4.98 Å². The van der Waals surface area contributed by atoms with Crippen molar-refractivity contribution in [3.8, 4) is 0 Å². The van der Waals surface area contributed by atoms with Gasteiger partial charge in [-0.1, -0.05) is 27.7 Å². The van der Waals surface area contributed by atoms with Crippen molar-refractivity contribution in [1.29, 1.82) is 0 Å². The molecule has 0 aliphatic heterocycles. The molecule has 0 aliphatic rings. The van der Waals surface area contributed by atoms with Gasteiger partial charge >= 0.3 is 0 Å². The molecule has 0 amide bonds. The monoisotopic (exact) mass is 192 g/mol. The van der Waals surface area contributed by atoms with Gasteiger partial charge in [-0.05, 0) is 19.1 Å². The molecular weight excluding hydrogens is 172 g/mol. The van der Waals surface area contributed by atoms with Crippen LogP contribution in [0.4, 0.5) is 0 Å². The van der Waals surface area contributed by atoms with E-state index >= 15 is 0 Å². The van der Waals surface area contributed by atoms with Gasteiger partial charge in [0, 0.05) is 17.3 Å². The van der Waals surface area contributed by atoms with E-state index in [0.717, 1.165) is 5.52 Å². The number of hydrogen-bond donors (Lipinski definition) is 1. The number of aryl methyl sites for hydroxylation is 1. The molecule has 0 atom stereocenters. The molecule has 0 aliphatic carbocycles. The van der Waals surface area contributed by atoms with Crippen molar-refractivity contribution >= 4 is 10.9 Å². The molecule has 2 heteroatoms. The molecule has 1 N–H and O–H groups in total. The predicted molar refractivity (Wildman–Crippen MR) is 63.5 cm³/mol. The molecule has 0 saturated carbocycles. The standard InChI is InChI=1S/C8H8N2.2C2H6/c1-6-4-7-2-3-9-5-8(7)10-6;2*1-2/h2-5,10H,1H3;2*1-2H3. The highest BCUT2D eigenvalue weighted by molar-refractivity contribution is 5.78. The molecule has 0 aromatic carbocycles. The fraction of sp³-hybridized carbons (Fsp3) is 0.417. The fourth-order valence-corrected chi connectivity index (χ4v) is 1.12. The van der Waals surface area contributed by atoms with E-state index in [9.17, 15) is 0 Å². The number of pyridine rings is 1. The molecule has 0 unspecified atom stereocenters. The summed E-state index contributed by atoms with van der Waals surface area (Å²) in [4.78, 5) is 7.19. The number of aromatic nitrogens is 2. The Bertz CT molecular complexity index is 317. The van der Waals surface area contributed by atoms with Crippen molar-refractivity contribution in [2.45, 2.75) is 34.6 Å². The van der Waals surface area contributed by atoms with Crippen molar-refractivity contribution in [2.75, 3.05) is 0 Å². The van der Waals surface area contributed by atoms with Crippen LogP contribution in [-0.2, 0) is 0 Å². The van der Waals surface area contributed by atoms with Crippen LogP contribution in [0.15, 0.2) is 24.5 Å². The lowest BCUT2D eigenvalue weighted by atomic mass is 10.3. The van der Waals surface area contributed by atoms with Crippen LogP contribution in [0.1, 0.15) is 33.4 Å². The molecule has 0 fully saturated rings. The van der Waals surface area contributed by atoms with Crippen molar-refractivity contribution in [3.63, 3.8) is 0 Å². The maximum Gasteiger partial charge on any atom is 0.0642 e. The van der Waals surface area contributed by atoms with E-state index in [2.05, 4.69) is 16.0 Å². The Morgan fingerprint density at radius 3 is 2.36 bits per heavy atom. The second-order valence-electron chi connectivity index (χ2n) is 2.42. The molecule has 0 spiro atoms. The Morgan fingerprint density at radius 1 is 1.14 bits per heavy atom. The third-order valence-electron chi connectivity index (χ3n) is 1.56. The van der Waals surface area contributed by atoms with Crippen LogP contribution < -0.4 is 0 Å². The van der Waals surface area contributed by atoms with Crippen LogP contribution in [0, 0.1) is 6.92 Å². The number of aromatic amines is 1. The van der Waals surface area contributed by atoms with Gasteiger partial charge in [0.05, 0.1) is 11.7 Å². The van der Waals surface area contributed by atoms with Crippen molar-refractivity contribution in [3.05, 3.63) is 30.2 Å². The first-order chi connectivity index (χ1) is 6.86. The van der Waals surface area contributed by atoms with E-state index in [-0.39, 0.29) is 0 Å². The molecular formula is C12H20N2. The Morgan fingerprint density at radius 2 is 1.79 bits per heavy atom. The first-order valence-corrected chi connectivity index (χ1v) is 5.25. The molecule has 0 bridgehead atoms. The molecule has 2 aromatic heterocycles. The van der Waals surface area contributed by atoms with Gasteiger partial charge in [0.25, 0.3) is 0 Å². The molecule has 78 valence electrons. The maximum absolute atomic E-state index is 3.99. The molecule has 14 heavy (non-hydrogen) atoms. The number of nitrogens with one attached hydrogen (secondary N) is 1. The van der Waals surface area contributed by atoms with E-state index in [1.165, 1.54) is 11.1 Å². The summed E-state index contributed by atoms with van der Waals surface area (Å²) in [5, 5.41) is 1.23. The van der Waals surface area contributed by atoms with Gasteiger partial charge in [-0.2, -0.15) is 0 Å². The van der Waals surface area contributed by atoms with E-state index in [4.69, 9.17) is 0 Å². The highest BCUT2D eigenvalue weighted by Gasteiger charge is 1.93. The van der Waals surface area contributed by atoms with E-state index < -0.39 is 0 Å². The van der Waals surface area contributed by atoms with Crippen LogP contribution >= 0.6 is 0 Å². The topological polar surface area (TPSA) is 28.7 Å². The molecule has 2 nitrogen and oxygen atoms in total. The number of hydrogen-bond acceptors (Lipinski definition) is 1. The second-order valence-corrected chi connectivity index (χ2v) is 2.42. The highest BCUT2D eigenvalue weighted by atomic mass is 14.7. The average Bonchev–Trinajstić information content (AvgIpc) is 2.64. The normalized spacial score (nSPS) is 8.36. The minimum atomic E-state index is 1.11. The minimum Gasteiger partial charge on any atom is -0.357 e. The maximum atomic E-state index is 3.99. The summed E-state index contributed by atoms with van der Waals surface area (Å²) in [5.41, 5.74) is 2.29. The summed E-state index contributed by atoms with van der Waals surface area (Å²) in [6.07, 6.45) is 3.64. The first kappa shape index (κ1) is 12.7. The van der Waals surface area contributed by atoms with E-state index in [1.807, 2.05) is 46.9 Å². The smallest absolute Gasteiger partial charge is 0.0642 e. The lowest BCUT2D eigenvalue weighted by Crippen LogP contribution is -1.69. The largest absolute Gasteiger partial charge is 0.357 e. The summed E-state index contributed by atoms with van der Waals surface area (Å²) in [7, 11) is 0. The van der Waals surface area contributed by atoms with E-state index in [0.29, 0.717) is 0 Å². The number of H-pyrrole nitrogens is 1. The summed E-state index contributed by atoms with van der Waals surface area (Å²) >= 11 is 0. The van der Waals surface area contributed by atoms with Crippen LogP contribution in [0.3, 0.4) is 0 Å². The molecule has 0 radical (unpaired) electrons. The Balaban J connectivity index is 0.000000379. The van der Waals surface area contributed by atoms with Crippen LogP contribution in [0.25, 0.3) is 10.9 Å². The van der Waals surface area contributed by atoms with Crippen LogP contribution in [0.5, 0.6) is 0 Å². The zero-order chi connectivity index (χ0) is 11.0. The Hall–Kier alpha value is -1.31. The number of fused-ring (bicyclic) bond motifs is 1. The Labute approximate surface area is 86.4 Å². The lowest BCUT2D eigenvalue weighted by molar-refractivity contribution is 1.28. The first-order valence-electron chi connectivity index (χ1n) is 5.25. The summed E-state index contributed by atoms with van der Waals surface area (Å²) < 4.78 is 0. The van der Waals surface area contributed by atoms with Gasteiger partial charge in [-0.3, -0.25) is 4.98 Å². The van der Waals surface area contributed by atoms with Gasteiger partial charge in [0.1, 0.15) is 0 Å². The third-order valence-corrected chi connectivity index (χ3v) is 1.56. The van der Waals surface area contributed by atoms with Gasteiger partial charge in [-0.15, -0.1) is 0 Å². The quantitative estimate of drug-likeness (QED) is 0.673. The highest BCUT2D eigenvalue weighted by Crippen LogP contribution is 2.11. The van der Waals surface area contributed by atoms with Crippen molar-refractivity contribution in [1.82, 2.24) is 9.97 Å². The fourth-order valence-electron chi connectivity index (χ4n) is 1.12. The number of nitrogens with zero attached hydrogens (tertiary/aromatic N) is 1. The number of rotatable bonds is 0. The van der Waals surface area contributed by atoms with Crippen LogP contribution in [0.2, 0.25) is 0 Å². The predicted octanol–water partition coefficient (Wildman–Crippen LogP) is 3.92. The molecule has 2 aromatic rings. The van der Waals surface area contributed by atoms with Gasteiger partial charge in [0.15, 0.2) is 0 Å².